The summed E-state index contributed by atoms with van der Waals surface area (Å²) in [7, 11) is -0.736. The number of methoxy groups -OCH3 is 2. The van der Waals surface area contributed by atoms with Gasteiger partial charge in [0.25, 0.3) is 15.9 Å². The maximum Gasteiger partial charge on any atom is 0.261 e. The Morgan fingerprint density at radius 2 is 1.60 bits per heavy atom. The van der Waals surface area contributed by atoms with Gasteiger partial charge in [0, 0.05) is 11.6 Å². The summed E-state index contributed by atoms with van der Waals surface area (Å²) in [6.45, 7) is 1.68. The summed E-state index contributed by atoms with van der Waals surface area (Å²) in [6, 6.07) is 17.9. The highest BCUT2D eigenvalue weighted by Crippen LogP contribution is 2.30. The average Bonchev–Trinajstić information content (AvgIpc) is 2.76. The summed E-state index contributed by atoms with van der Waals surface area (Å²) < 4.78 is 38.3. The van der Waals surface area contributed by atoms with Crippen molar-refractivity contribution in [2.24, 2.45) is 0 Å². The third kappa shape index (κ3) is 4.55. The van der Waals surface area contributed by atoms with Gasteiger partial charge in [0.15, 0.2) is 0 Å². The molecule has 0 aliphatic carbocycles. The molecule has 30 heavy (non-hydrogen) atoms. The minimum atomic E-state index is -3.77. The quantitative estimate of drug-likeness (QED) is 0.594. The van der Waals surface area contributed by atoms with Crippen molar-refractivity contribution >= 4 is 27.3 Å². The van der Waals surface area contributed by atoms with Crippen LogP contribution in [0.15, 0.2) is 71.6 Å². The summed E-state index contributed by atoms with van der Waals surface area (Å²) in [4.78, 5) is 13.0. The Balaban J connectivity index is 1.87. The molecule has 0 radical (unpaired) electrons. The van der Waals surface area contributed by atoms with E-state index in [1.165, 1.54) is 19.2 Å². The molecule has 3 rings (SSSR count). The van der Waals surface area contributed by atoms with Crippen molar-refractivity contribution in [1.29, 1.82) is 0 Å². The van der Waals surface area contributed by atoms with Crippen LogP contribution in [0.2, 0.25) is 0 Å². The molecular weight excluding hydrogens is 404 g/mol. The minimum absolute atomic E-state index is 0.141. The summed E-state index contributed by atoms with van der Waals surface area (Å²) in [6.07, 6.45) is 0. The third-order valence-corrected chi connectivity index (χ3v) is 5.91. The van der Waals surface area contributed by atoms with E-state index in [2.05, 4.69) is 10.0 Å². The first-order valence-corrected chi connectivity index (χ1v) is 10.5. The smallest absolute Gasteiger partial charge is 0.261 e. The average molecular weight is 426 g/mol. The molecule has 0 aromatic heterocycles. The van der Waals surface area contributed by atoms with Gasteiger partial charge >= 0.3 is 0 Å². The Kier molecular flexibility index (Phi) is 6.27. The van der Waals surface area contributed by atoms with Crippen molar-refractivity contribution in [3.05, 3.63) is 77.9 Å². The van der Waals surface area contributed by atoms with Gasteiger partial charge in [-0.05, 0) is 48.9 Å². The number of hydrogen-bond donors (Lipinski definition) is 2. The van der Waals surface area contributed by atoms with Crippen molar-refractivity contribution in [3.8, 4) is 11.5 Å². The van der Waals surface area contributed by atoms with Gasteiger partial charge in [-0.15, -0.1) is 0 Å². The minimum Gasteiger partial charge on any atom is -0.497 e. The van der Waals surface area contributed by atoms with E-state index in [0.717, 1.165) is 0 Å². The van der Waals surface area contributed by atoms with Crippen LogP contribution in [0.5, 0.6) is 11.5 Å². The van der Waals surface area contributed by atoms with E-state index in [0.29, 0.717) is 34.0 Å². The number of hydrogen-bond acceptors (Lipinski definition) is 5. The molecule has 0 saturated heterocycles. The molecule has 8 heteroatoms. The van der Waals surface area contributed by atoms with Crippen LogP contribution in [0.4, 0.5) is 11.4 Å². The molecular formula is C22H22N2O5S. The highest BCUT2D eigenvalue weighted by Gasteiger charge is 2.18. The molecule has 0 saturated carbocycles. The predicted octanol–water partition coefficient (Wildman–Crippen LogP) is 4.07. The monoisotopic (exact) mass is 426 g/mol. The number of benzene rings is 3. The number of rotatable bonds is 7. The van der Waals surface area contributed by atoms with Crippen molar-refractivity contribution in [1.82, 2.24) is 0 Å². The summed E-state index contributed by atoms with van der Waals surface area (Å²) >= 11 is 0. The molecule has 0 spiro atoms. The lowest BCUT2D eigenvalue weighted by Gasteiger charge is -2.15. The van der Waals surface area contributed by atoms with Crippen LogP contribution in [0, 0.1) is 6.92 Å². The van der Waals surface area contributed by atoms with E-state index >= 15 is 0 Å². The summed E-state index contributed by atoms with van der Waals surface area (Å²) in [5.41, 5.74) is 1.63. The summed E-state index contributed by atoms with van der Waals surface area (Å²) in [5.74, 6) is 0.649. The molecule has 0 aliphatic heterocycles. The van der Waals surface area contributed by atoms with Crippen LogP contribution < -0.4 is 19.5 Å². The molecule has 0 heterocycles. The van der Waals surface area contributed by atoms with Gasteiger partial charge < -0.3 is 14.8 Å². The van der Waals surface area contributed by atoms with Crippen LogP contribution in [0.1, 0.15) is 15.9 Å². The normalized spacial score (nSPS) is 10.9. The second-order valence-corrected chi connectivity index (χ2v) is 8.10. The van der Waals surface area contributed by atoms with E-state index in [1.54, 1.807) is 68.6 Å². The Morgan fingerprint density at radius 1 is 0.867 bits per heavy atom. The third-order valence-electron chi connectivity index (χ3n) is 4.53. The molecule has 156 valence electrons. The first-order valence-electron chi connectivity index (χ1n) is 9.06. The van der Waals surface area contributed by atoms with Crippen LogP contribution in [-0.4, -0.2) is 28.5 Å². The van der Waals surface area contributed by atoms with Crippen LogP contribution in [-0.2, 0) is 10.0 Å². The van der Waals surface area contributed by atoms with E-state index < -0.39 is 15.9 Å². The number of anilines is 2. The van der Waals surface area contributed by atoms with Gasteiger partial charge in [0.1, 0.15) is 11.5 Å². The lowest BCUT2D eigenvalue weighted by molar-refractivity contribution is 0.102. The fourth-order valence-electron chi connectivity index (χ4n) is 2.89. The van der Waals surface area contributed by atoms with E-state index in [-0.39, 0.29) is 4.90 Å². The number of amides is 1. The van der Waals surface area contributed by atoms with Crippen LogP contribution in [0.25, 0.3) is 0 Å². The van der Waals surface area contributed by atoms with Gasteiger partial charge in [-0.1, -0.05) is 24.3 Å². The largest absolute Gasteiger partial charge is 0.497 e. The fraction of sp³-hybridized carbons (Fsp3) is 0.136. The zero-order chi connectivity index (χ0) is 21.7. The zero-order valence-electron chi connectivity index (χ0n) is 16.8. The van der Waals surface area contributed by atoms with Crippen molar-refractivity contribution < 1.29 is 22.7 Å². The highest BCUT2D eigenvalue weighted by atomic mass is 32.2. The fourth-order valence-corrected chi connectivity index (χ4v) is 4.03. The van der Waals surface area contributed by atoms with Crippen molar-refractivity contribution in [2.45, 2.75) is 11.8 Å². The molecule has 3 aromatic carbocycles. The second kappa shape index (κ2) is 8.87. The number of sulfonamides is 1. The SMILES string of the molecule is COc1ccc(NC(=O)c2cccc(NS(=O)(=O)c3ccccc3)c2C)c(OC)c1. The lowest BCUT2D eigenvalue weighted by atomic mass is 10.1. The van der Waals surface area contributed by atoms with E-state index in [4.69, 9.17) is 9.47 Å². The Bertz CT molecular complexity index is 1160. The van der Waals surface area contributed by atoms with E-state index in [1.807, 2.05) is 0 Å². The number of carbonyl (C=O) groups is 1. The first kappa shape index (κ1) is 21.2. The van der Waals surface area contributed by atoms with Gasteiger partial charge in [-0.25, -0.2) is 8.42 Å². The van der Waals surface area contributed by atoms with Gasteiger partial charge in [0.2, 0.25) is 0 Å². The van der Waals surface area contributed by atoms with Crippen LogP contribution >= 0.6 is 0 Å². The molecule has 1 amide bonds. The second-order valence-electron chi connectivity index (χ2n) is 6.42. The summed E-state index contributed by atoms with van der Waals surface area (Å²) in [5, 5.41) is 2.79. The van der Waals surface area contributed by atoms with Gasteiger partial charge in [0.05, 0.1) is 30.5 Å². The maximum atomic E-state index is 12.9. The lowest BCUT2D eigenvalue weighted by Crippen LogP contribution is -2.17. The van der Waals surface area contributed by atoms with Crippen LogP contribution in [0.3, 0.4) is 0 Å². The van der Waals surface area contributed by atoms with Gasteiger partial charge in [-0.3, -0.25) is 9.52 Å². The number of nitrogens with one attached hydrogen (secondary N) is 2. The molecule has 0 unspecified atom stereocenters. The number of carbonyl (C=O) groups excluding carboxylic acids is 1. The van der Waals surface area contributed by atoms with Crippen molar-refractivity contribution in [3.63, 3.8) is 0 Å². The zero-order valence-corrected chi connectivity index (χ0v) is 17.6. The molecule has 7 nitrogen and oxygen atoms in total. The molecule has 0 fully saturated rings. The van der Waals surface area contributed by atoms with Gasteiger partial charge in [-0.2, -0.15) is 0 Å². The Morgan fingerprint density at radius 3 is 2.27 bits per heavy atom. The van der Waals surface area contributed by atoms with E-state index in [9.17, 15) is 13.2 Å². The highest BCUT2D eigenvalue weighted by molar-refractivity contribution is 7.92. The standard InChI is InChI=1S/C22H22N2O5S/c1-15-18(22(25)23-20-13-12-16(28-2)14-21(20)29-3)10-7-11-19(15)24-30(26,27)17-8-5-4-6-9-17/h4-14,24H,1-3H3,(H,23,25). The molecule has 0 atom stereocenters. The predicted molar refractivity (Wildman–Crippen MR) is 116 cm³/mol. The topological polar surface area (TPSA) is 93.7 Å². The first-order chi connectivity index (χ1) is 14.4. The maximum absolute atomic E-state index is 12.9. The molecule has 2 N–H and O–H groups in total. The van der Waals surface area contributed by atoms with Crippen molar-refractivity contribution in [2.75, 3.05) is 24.3 Å². The molecule has 3 aromatic rings. The molecule has 0 aliphatic rings. The Hall–Kier alpha value is -3.52. The molecule has 0 bridgehead atoms. The number of ether oxygens (including phenoxy) is 2. The Labute approximate surface area is 175 Å².